The number of nitrogens with zero attached hydrogens (tertiary/aromatic N) is 1. The summed E-state index contributed by atoms with van der Waals surface area (Å²) in [7, 11) is 0. The summed E-state index contributed by atoms with van der Waals surface area (Å²) in [6, 6.07) is 10.7. The maximum Gasteiger partial charge on any atom is 0.0975 e. The van der Waals surface area contributed by atoms with Crippen molar-refractivity contribution in [1.29, 1.82) is 0 Å². The van der Waals surface area contributed by atoms with Crippen molar-refractivity contribution >= 4 is 36.2 Å². The first-order valence-corrected chi connectivity index (χ1v) is 8.41. The number of thiazole rings is 1. The van der Waals surface area contributed by atoms with E-state index in [1.165, 1.54) is 29.1 Å². The molecule has 2 heterocycles. The van der Waals surface area contributed by atoms with Crippen LogP contribution in [0.3, 0.4) is 0 Å². The summed E-state index contributed by atoms with van der Waals surface area (Å²) in [5.74, 6) is 0.730. The van der Waals surface area contributed by atoms with Crippen LogP contribution in [-0.2, 0) is 12.8 Å². The SMILES string of the molecule is CCc1nc(Cc2ccccc2)sc1C1CCNCC1.Cl.Cl. The van der Waals surface area contributed by atoms with Crippen molar-refractivity contribution in [3.8, 4) is 0 Å². The number of aromatic nitrogens is 1. The first-order valence-electron chi connectivity index (χ1n) is 7.60. The van der Waals surface area contributed by atoms with Crippen LogP contribution in [-0.4, -0.2) is 18.1 Å². The van der Waals surface area contributed by atoms with Crippen molar-refractivity contribution in [2.24, 2.45) is 0 Å². The number of hydrogen-bond donors (Lipinski definition) is 1. The molecule has 2 aromatic rings. The summed E-state index contributed by atoms with van der Waals surface area (Å²) in [6.45, 7) is 4.53. The van der Waals surface area contributed by atoms with E-state index >= 15 is 0 Å². The topological polar surface area (TPSA) is 24.9 Å². The van der Waals surface area contributed by atoms with E-state index in [4.69, 9.17) is 4.98 Å². The standard InChI is InChI=1S/C17H22N2S.2ClH/c1-2-15-17(14-8-10-18-11-9-14)20-16(19-15)12-13-6-4-3-5-7-13;;/h3-7,14,18H,2,8-12H2,1H3;2*1H. The lowest BCUT2D eigenvalue weighted by Gasteiger charge is -2.22. The summed E-state index contributed by atoms with van der Waals surface area (Å²) in [4.78, 5) is 6.45. The Balaban J connectivity index is 0.00000121. The largest absolute Gasteiger partial charge is 0.317 e. The maximum absolute atomic E-state index is 4.90. The van der Waals surface area contributed by atoms with Crippen LogP contribution < -0.4 is 5.32 Å². The molecular weight excluding hydrogens is 335 g/mol. The van der Waals surface area contributed by atoms with E-state index in [1.54, 1.807) is 4.88 Å². The van der Waals surface area contributed by atoms with Crippen LogP contribution in [0.15, 0.2) is 30.3 Å². The molecule has 0 spiro atoms. The Morgan fingerprint density at radius 1 is 1.14 bits per heavy atom. The molecule has 5 heteroatoms. The Labute approximate surface area is 149 Å². The number of rotatable bonds is 4. The van der Waals surface area contributed by atoms with Crippen LogP contribution >= 0.6 is 36.2 Å². The van der Waals surface area contributed by atoms with E-state index in [9.17, 15) is 0 Å². The van der Waals surface area contributed by atoms with Crippen molar-refractivity contribution in [1.82, 2.24) is 10.3 Å². The zero-order valence-electron chi connectivity index (χ0n) is 12.9. The van der Waals surface area contributed by atoms with Crippen LogP contribution in [0.2, 0.25) is 0 Å². The number of aryl methyl sites for hydroxylation is 1. The van der Waals surface area contributed by atoms with Gasteiger partial charge < -0.3 is 5.32 Å². The predicted molar refractivity (Wildman–Crippen MR) is 100 cm³/mol. The first-order chi connectivity index (χ1) is 9.86. The minimum absolute atomic E-state index is 0. The summed E-state index contributed by atoms with van der Waals surface area (Å²) in [6.07, 6.45) is 4.56. The van der Waals surface area contributed by atoms with Crippen molar-refractivity contribution in [2.75, 3.05) is 13.1 Å². The van der Waals surface area contributed by atoms with Gasteiger partial charge in [0.05, 0.1) is 10.7 Å². The zero-order chi connectivity index (χ0) is 13.8. The van der Waals surface area contributed by atoms with Crippen molar-refractivity contribution in [3.63, 3.8) is 0 Å². The average molecular weight is 359 g/mol. The van der Waals surface area contributed by atoms with Gasteiger partial charge in [-0.15, -0.1) is 36.2 Å². The lowest BCUT2D eigenvalue weighted by molar-refractivity contribution is 0.463. The Morgan fingerprint density at radius 2 is 1.82 bits per heavy atom. The zero-order valence-corrected chi connectivity index (χ0v) is 15.3. The fourth-order valence-corrected chi connectivity index (χ4v) is 4.28. The monoisotopic (exact) mass is 358 g/mol. The lowest BCUT2D eigenvalue weighted by atomic mass is 9.95. The second-order valence-electron chi connectivity index (χ2n) is 5.46. The molecule has 0 atom stereocenters. The van der Waals surface area contributed by atoms with Gasteiger partial charge in [0.2, 0.25) is 0 Å². The quantitative estimate of drug-likeness (QED) is 0.863. The molecule has 1 saturated heterocycles. The molecule has 1 aromatic carbocycles. The molecule has 0 saturated carbocycles. The molecule has 1 fully saturated rings. The first kappa shape index (κ1) is 19.4. The molecule has 0 amide bonds. The Bertz CT molecular complexity index is 551. The van der Waals surface area contributed by atoms with Crippen LogP contribution in [0.4, 0.5) is 0 Å². The van der Waals surface area contributed by atoms with Gasteiger partial charge in [-0.2, -0.15) is 0 Å². The van der Waals surface area contributed by atoms with E-state index < -0.39 is 0 Å². The van der Waals surface area contributed by atoms with Crippen molar-refractivity contribution < 1.29 is 0 Å². The summed E-state index contributed by atoms with van der Waals surface area (Å²) in [5, 5.41) is 4.73. The van der Waals surface area contributed by atoms with E-state index in [0.717, 1.165) is 31.8 Å². The van der Waals surface area contributed by atoms with Gasteiger partial charge in [-0.25, -0.2) is 4.98 Å². The van der Waals surface area contributed by atoms with Gasteiger partial charge >= 0.3 is 0 Å². The number of benzene rings is 1. The Kier molecular flexibility index (Phi) is 8.40. The molecule has 2 nitrogen and oxygen atoms in total. The molecule has 22 heavy (non-hydrogen) atoms. The minimum Gasteiger partial charge on any atom is -0.317 e. The van der Waals surface area contributed by atoms with Crippen molar-refractivity contribution in [2.45, 2.75) is 38.5 Å². The molecule has 1 aliphatic heterocycles. The molecule has 0 unspecified atom stereocenters. The lowest BCUT2D eigenvalue weighted by Crippen LogP contribution is -2.26. The summed E-state index contributed by atoms with van der Waals surface area (Å²) < 4.78 is 0. The highest BCUT2D eigenvalue weighted by Crippen LogP contribution is 2.34. The number of hydrogen-bond acceptors (Lipinski definition) is 3. The molecule has 1 aliphatic rings. The number of piperidine rings is 1. The highest BCUT2D eigenvalue weighted by molar-refractivity contribution is 7.11. The number of nitrogens with one attached hydrogen (secondary N) is 1. The van der Waals surface area contributed by atoms with Crippen molar-refractivity contribution in [3.05, 3.63) is 51.5 Å². The third-order valence-electron chi connectivity index (χ3n) is 4.01. The second kappa shape index (κ2) is 9.51. The van der Waals surface area contributed by atoms with Crippen LogP contribution in [0, 0.1) is 0 Å². The molecule has 3 rings (SSSR count). The molecule has 1 N–H and O–H groups in total. The highest BCUT2D eigenvalue weighted by atomic mass is 35.5. The van der Waals surface area contributed by atoms with Gasteiger partial charge in [-0.1, -0.05) is 37.3 Å². The second-order valence-corrected chi connectivity index (χ2v) is 6.57. The third-order valence-corrected chi connectivity index (χ3v) is 5.27. The predicted octanol–water partition coefficient (Wildman–Crippen LogP) is 4.61. The Hall–Kier alpha value is -0.610. The smallest absolute Gasteiger partial charge is 0.0975 e. The normalized spacial score (nSPS) is 15.0. The summed E-state index contributed by atoms with van der Waals surface area (Å²) in [5.41, 5.74) is 2.70. The van der Waals surface area contributed by atoms with Crippen LogP contribution in [0.1, 0.15) is 46.8 Å². The van der Waals surface area contributed by atoms with E-state index in [2.05, 4.69) is 42.6 Å². The van der Waals surface area contributed by atoms with Crippen LogP contribution in [0.25, 0.3) is 0 Å². The van der Waals surface area contributed by atoms with E-state index in [-0.39, 0.29) is 24.8 Å². The van der Waals surface area contributed by atoms with Gasteiger partial charge in [0.15, 0.2) is 0 Å². The molecular formula is C17H24Cl2N2S. The molecule has 0 aliphatic carbocycles. The highest BCUT2D eigenvalue weighted by Gasteiger charge is 2.21. The molecule has 0 radical (unpaired) electrons. The molecule has 122 valence electrons. The van der Waals surface area contributed by atoms with E-state index in [1.807, 2.05) is 11.3 Å². The third kappa shape index (κ3) is 4.69. The van der Waals surface area contributed by atoms with Gasteiger partial charge in [0.25, 0.3) is 0 Å². The fourth-order valence-electron chi connectivity index (χ4n) is 2.92. The molecule has 0 bridgehead atoms. The van der Waals surface area contributed by atoms with E-state index in [0.29, 0.717) is 0 Å². The van der Waals surface area contributed by atoms with Gasteiger partial charge in [0.1, 0.15) is 0 Å². The van der Waals surface area contributed by atoms with Crippen LogP contribution in [0.5, 0.6) is 0 Å². The minimum atomic E-state index is 0. The Morgan fingerprint density at radius 3 is 2.45 bits per heavy atom. The maximum atomic E-state index is 4.90. The number of halogens is 2. The van der Waals surface area contributed by atoms with Gasteiger partial charge in [-0.3, -0.25) is 0 Å². The fraction of sp³-hybridized carbons (Fsp3) is 0.471. The molecule has 1 aromatic heterocycles. The average Bonchev–Trinajstić information content (AvgIpc) is 2.92. The summed E-state index contributed by atoms with van der Waals surface area (Å²) >= 11 is 1.95. The van der Waals surface area contributed by atoms with Gasteiger partial charge in [0, 0.05) is 11.3 Å². The van der Waals surface area contributed by atoms with Gasteiger partial charge in [-0.05, 0) is 43.8 Å².